The Hall–Kier alpha value is -6.33. The Bertz CT molecular complexity index is 3130. The summed E-state index contributed by atoms with van der Waals surface area (Å²) in [6.45, 7) is 35.4. The number of ether oxygens (including phenoxy) is 1. The van der Waals surface area contributed by atoms with Crippen molar-refractivity contribution in [1.29, 1.82) is 0 Å². The molecule has 67 heavy (non-hydrogen) atoms. The first-order valence-electron chi connectivity index (χ1n) is 24.1. The molecule has 0 unspecified atom stereocenters. The topological polar surface area (TPSA) is 33.5 Å². The Labute approximate surface area is 400 Å². The third-order valence-electron chi connectivity index (χ3n) is 13.6. The molecule has 0 N–H and O–H groups in total. The number of hydrogen-bond donors (Lipinski definition) is 0. The molecule has 0 fully saturated rings. The van der Waals surface area contributed by atoms with Gasteiger partial charge in [-0.1, -0.05) is 158 Å². The molecule has 0 atom stereocenters. The fourth-order valence-corrected chi connectivity index (χ4v) is 9.69. The average Bonchev–Trinajstić information content (AvgIpc) is 3.80. The molecule has 0 aliphatic carbocycles. The second-order valence-electron chi connectivity index (χ2n) is 24.0. The minimum absolute atomic E-state index is 0.0108. The van der Waals surface area contributed by atoms with E-state index >= 15 is 0 Å². The Balaban J connectivity index is 1.17. The van der Waals surface area contributed by atoms with E-state index in [1.165, 1.54) is 61.4 Å². The van der Waals surface area contributed by atoms with Gasteiger partial charge in [0.15, 0.2) is 0 Å². The van der Waals surface area contributed by atoms with Crippen molar-refractivity contribution in [2.75, 3.05) is 16.5 Å². The molecule has 9 rings (SSSR count). The van der Waals surface area contributed by atoms with Gasteiger partial charge in [0.05, 0.1) is 22.4 Å². The van der Waals surface area contributed by atoms with Crippen molar-refractivity contribution in [1.82, 2.24) is 9.55 Å². The molecule has 8 aromatic rings. The number of para-hydroxylation sites is 1. The van der Waals surface area contributed by atoms with Gasteiger partial charge < -0.3 is 14.5 Å². The molecule has 5 nitrogen and oxygen atoms in total. The number of anilines is 4. The van der Waals surface area contributed by atoms with Crippen molar-refractivity contribution in [2.45, 2.75) is 131 Å². The van der Waals surface area contributed by atoms with Crippen LogP contribution in [0.4, 0.5) is 22.7 Å². The summed E-state index contributed by atoms with van der Waals surface area (Å²) in [4.78, 5) is 9.84. The molecular weight excluding hydrogens is 817 g/mol. The number of benzene rings is 6. The number of rotatable bonds is 6. The third-order valence-corrected chi connectivity index (χ3v) is 13.6. The summed E-state index contributed by atoms with van der Waals surface area (Å²) in [5.41, 5.74) is 15.9. The van der Waals surface area contributed by atoms with Crippen molar-refractivity contribution in [2.24, 2.45) is 0 Å². The molecule has 0 radical (unpaired) electrons. The Kier molecular flexibility index (Phi) is 11.1. The van der Waals surface area contributed by atoms with Gasteiger partial charge >= 0.3 is 0 Å². The van der Waals surface area contributed by atoms with Crippen LogP contribution >= 0.6 is 0 Å². The zero-order valence-electron chi connectivity index (χ0n) is 42.7. The molecule has 0 saturated carbocycles. The molecule has 0 bridgehead atoms. The maximum absolute atomic E-state index is 6.87. The summed E-state index contributed by atoms with van der Waals surface area (Å²) < 4.78 is 9.14. The minimum Gasteiger partial charge on any atom is -0.457 e. The number of fused-ring (bicyclic) bond motifs is 4. The molecule has 344 valence electrons. The lowest BCUT2D eigenvalue weighted by atomic mass is 9.71. The van der Waals surface area contributed by atoms with E-state index in [4.69, 9.17) is 9.72 Å². The summed E-state index contributed by atoms with van der Waals surface area (Å²) in [5.74, 6) is 2.45. The Morgan fingerprint density at radius 3 is 1.67 bits per heavy atom. The molecule has 2 aromatic heterocycles. The summed E-state index contributed by atoms with van der Waals surface area (Å²) in [6, 6.07) is 49.2. The van der Waals surface area contributed by atoms with Gasteiger partial charge in [0.2, 0.25) is 0 Å². The van der Waals surface area contributed by atoms with E-state index < -0.39 is 0 Å². The van der Waals surface area contributed by atoms with E-state index in [9.17, 15) is 0 Å². The van der Waals surface area contributed by atoms with Crippen LogP contribution in [-0.2, 0) is 27.1 Å². The molecule has 6 aromatic carbocycles. The van der Waals surface area contributed by atoms with E-state index in [-0.39, 0.29) is 27.1 Å². The van der Waals surface area contributed by atoms with Crippen LogP contribution < -0.4 is 14.5 Å². The van der Waals surface area contributed by atoms with Gasteiger partial charge in [0, 0.05) is 40.5 Å². The zero-order valence-corrected chi connectivity index (χ0v) is 42.7. The first-order valence-corrected chi connectivity index (χ1v) is 24.1. The molecular formula is C62H70N4O. The van der Waals surface area contributed by atoms with Crippen molar-refractivity contribution in [3.8, 4) is 28.4 Å². The van der Waals surface area contributed by atoms with E-state index in [0.717, 1.165) is 39.4 Å². The monoisotopic (exact) mass is 887 g/mol. The smallest absolute Gasteiger partial charge is 0.137 e. The van der Waals surface area contributed by atoms with Crippen LogP contribution in [0.5, 0.6) is 11.5 Å². The molecule has 0 saturated heterocycles. The van der Waals surface area contributed by atoms with E-state index in [1.807, 2.05) is 6.20 Å². The maximum atomic E-state index is 6.87. The quantitative estimate of drug-likeness (QED) is 0.167. The lowest BCUT2D eigenvalue weighted by Crippen LogP contribution is -2.24. The predicted octanol–water partition coefficient (Wildman–Crippen LogP) is 17.4. The summed E-state index contributed by atoms with van der Waals surface area (Å²) in [6.07, 6.45) is 1.93. The highest BCUT2D eigenvalue weighted by atomic mass is 16.5. The van der Waals surface area contributed by atoms with Crippen LogP contribution in [0.2, 0.25) is 0 Å². The third kappa shape index (κ3) is 8.74. The summed E-state index contributed by atoms with van der Waals surface area (Å²) >= 11 is 0. The molecule has 5 heteroatoms. The van der Waals surface area contributed by atoms with Gasteiger partial charge in [-0.3, -0.25) is 4.57 Å². The molecule has 0 spiro atoms. The Morgan fingerprint density at radius 1 is 0.433 bits per heavy atom. The van der Waals surface area contributed by atoms with Crippen molar-refractivity contribution in [3.05, 3.63) is 167 Å². The number of nitrogens with zero attached hydrogens (tertiary/aromatic N) is 4. The fraction of sp³-hybridized carbons (Fsp3) is 0.339. The van der Waals surface area contributed by atoms with Crippen LogP contribution in [0, 0.1) is 0 Å². The SMILES string of the molecule is CC(C)(C)c1cccc(N2CN(c3cccc(Oc4ccc5c6ccccc6n(-c6cc(C(C)(C)C)ccn6)c5c4)c3)c3cc(-c4c(C(C)(C)C)cc(C(C)(C)C)cc4C(C)(C)C)ccc32)c1. The van der Waals surface area contributed by atoms with Crippen molar-refractivity contribution < 1.29 is 4.74 Å². The van der Waals surface area contributed by atoms with Crippen LogP contribution in [0.25, 0.3) is 38.8 Å². The Morgan fingerprint density at radius 2 is 1.01 bits per heavy atom. The first-order chi connectivity index (χ1) is 31.4. The highest BCUT2D eigenvalue weighted by Crippen LogP contribution is 2.50. The van der Waals surface area contributed by atoms with Crippen molar-refractivity contribution >= 4 is 44.6 Å². The lowest BCUT2D eigenvalue weighted by Gasteiger charge is -2.34. The highest BCUT2D eigenvalue weighted by Gasteiger charge is 2.34. The van der Waals surface area contributed by atoms with Crippen molar-refractivity contribution in [3.63, 3.8) is 0 Å². The second-order valence-corrected chi connectivity index (χ2v) is 24.0. The van der Waals surface area contributed by atoms with Gasteiger partial charge in [-0.25, -0.2) is 4.98 Å². The van der Waals surface area contributed by atoms with Gasteiger partial charge in [-0.2, -0.15) is 0 Å². The van der Waals surface area contributed by atoms with Crippen LogP contribution in [0.15, 0.2) is 140 Å². The first kappa shape index (κ1) is 45.8. The van der Waals surface area contributed by atoms with Gasteiger partial charge in [-0.05, 0) is 133 Å². The molecule has 1 aliphatic rings. The largest absolute Gasteiger partial charge is 0.457 e. The zero-order chi connectivity index (χ0) is 48.0. The fourth-order valence-electron chi connectivity index (χ4n) is 9.69. The number of hydrogen-bond acceptors (Lipinski definition) is 4. The maximum Gasteiger partial charge on any atom is 0.137 e. The average molecular weight is 887 g/mol. The normalized spacial score (nSPS) is 13.8. The summed E-state index contributed by atoms with van der Waals surface area (Å²) in [7, 11) is 0. The van der Waals surface area contributed by atoms with E-state index in [2.05, 4.69) is 252 Å². The summed E-state index contributed by atoms with van der Waals surface area (Å²) in [5, 5.41) is 2.35. The predicted molar refractivity (Wildman–Crippen MR) is 286 cm³/mol. The molecule has 0 amide bonds. The second kappa shape index (κ2) is 16.2. The van der Waals surface area contributed by atoms with E-state index in [0.29, 0.717) is 6.67 Å². The number of pyridine rings is 1. The van der Waals surface area contributed by atoms with Gasteiger partial charge in [-0.15, -0.1) is 0 Å². The lowest BCUT2D eigenvalue weighted by molar-refractivity contribution is 0.483. The van der Waals surface area contributed by atoms with Gasteiger partial charge in [0.1, 0.15) is 24.0 Å². The minimum atomic E-state index is -0.0786. The van der Waals surface area contributed by atoms with E-state index in [1.54, 1.807) is 0 Å². The molecule has 1 aliphatic heterocycles. The highest BCUT2D eigenvalue weighted by molar-refractivity contribution is 6.09. The standard InChI is InChI=1S/C62H70N4O/c1-58(2,3)41-20-18-21-44(33-41)64-39-65(55-32-40(26-29-53(55)64)57-50(61(10,11)12)34-43(60(7,8)9)35-51(57)62(13,14)15)45-22-19-23-46(37-45)67-47-27-28-49-48-24-16-17-25-52(48)66(54(49)38-47)56-36-42(30-31-63-56)59(4,5)6/h16-38H,39H2,1-15H3. The number of aromatic nitrogens is 2. The molecule has 3 heterocycles. The van der Waals surface area contributed by atoms with Crippen LogP contribution in [-0.4, -0.2) is 16.2 Å². The van der Waals surface area contributed by atoms with Crippen LogP contribution in [0.1, 0.15) is 132 Å². The van der Waals surface area contributed by atoms with Crippen LogP contribution in [0.3, 0.4) is 0 Å². The van der Waals surface area contributed by atoms with Gasteiger partial charge in [0.25, 0.3) is 0 Å².